The number of hydrogen-bond acceptors (Lipinski definition) is 5. The number of rotatable bonds is 5. The Kier molecular flexibility index (Phi) is 5.68. The highest BCUT2D eigenvalue weighted by molar-refractivity contribution is 6.08. The summed E-state index contributed by atoms with van der Waals surface area (Å²) in [7, 11) is 0. The van der Waals surface area contributed by atoms with Gasteiger partial charge in [0.2, 0.25) is 5.89 Å². The van der Waals surface area contributed by atoms with Gasteiger partial charge in [0, 0.05) is 35.6 Å². The van der Waals surface area contributed by atoms with E-state index < -0.39 is 0 Å². The molecule has 6 heteroatoms. The number of morpholine rings is 1. The zero-order valence-corrected chi connectivity index (χ0v) is 17.5. The van der Waals surface area contributed by atoms with Crippen LogP contribution in [0, 0.1) is 0 Å². The maximum Gasteiger partial charge on any atom is 0.256 e. The minimum atomic E-state index is -0.209. The minimum Gasteiger partial charge on any atom is -0.436 e. The third-order valence-corrected chi connectivity index (χ3v) is 5.47. The van der Waals surface area contributed by atoms with Gasteiger partial charge in [-0.15, -0.1) is 0 Å². The van der Waals surface area contributed by atoms with Gasteiger partial charge in [0.25, 0.3) is 5.91 Å². The fraction of sp³-hybridized carbons (Fsp3) is 0.154. The van der Waals surface area contributed by atoms with Crippen molar-refractivity contribution in [2.45, 2.75) is 0 Å². The third kappa shape index (κ3) is 4.26. The second-order valence-electron chi connectivity index (χ2n) is 7.54. The highest BCUT2D eigenvalue weighted by Crippen LogP contribution is 2.29. The summed E-state index contributed by atoms with van der Waals surface area (Å²) in [5.41, 5.74) is 3.95. The van der Waals surface area contributed by atoms with E-state index in [0.717, 1.165) is 43.2 Å². The number of amides is 1. The van der Waals surface area contributed by atoms with Crippen LogP contribution in [0.3, 0.4) is 0 Å². The summed E-state index contributed by atoms with van der Waals surface area (Å²) in [4.78, 5) is 19.8. The van der Waals surface area contributed by atoms with E-state index in [-0.39, 0.29) is 5.91 Å². The van der Waals surface area contributed by atoms with Crippen molar-refractivity contribution in [2.75, 3.05) is 36.5 Å². The number of carbonyl (C=O) groups excluding carboxylic acids is 1. The maximum atomic E-state index is 13.1. The Morgan fingerprint density at radius 1 is 0.875 bits per heavy atom. The van der Waals surface area contributed by atoms with Gasteiger partial charge in [-0.1, -0.05) is 42.5 Å². The van der Waals surface area contributed by atoms with Crippen molar-refractivity contribution in [1.82, 2.24) is 4.98 Å². The molecule has 1 amide bonds. The molecule has 4 aromatic rings. The standard InChI is InChI=1S/C26H23N3O3/c30-25(28-20-10-12-21(13-11-20)29-14-16-31-17-15-29)22-8-4-5-9-23(22)26-27-18-24(32-26)19-6-2-1-3-7-19/h1-13,18H,14-17H2,(H,28,30). The second kappa shape index (κ2) is 9.08. The van der Waals surface area contributed by atoms with Gasteiger partial charge >= 0.3 is 0 Å². The predicted molar refractivity (Wildman–Crippen MR) is 125 cm³/mol. The van der Waals surface area contributed by atoms with E-state index in [4.69, 9.17) is 9.15 Å². The lowest BCUT2D eigenvalue weighted by molar-refractivity contribution is 0.102. The van der Waals surface area contributed by atoms with Crippen molar-refractivity contribution in [3.63, 3.8) is 0 Å². The van der Waals surface area contributed by atoms with Crippen LogP contribution in [-0.2, 0) is 4.74 Å². The number of ether oxygens (including phenoxy) is 1. The number of carbonyl (C=O) groups is 1. The molecule has 0 unspecified atom stereocenters. The van der Waals surface area contributed by atoms with E-state index in [9.17, 15) is 4.79 Å². The lowest BCUT2D eigenvalue weighted by Crippen LogP contribution is -2.36. The van der Waals surface area contributed by atoms with Crippen molar-refractivity contribution < 1.29 is 13.9 Å². The smallest absolute Gasteiger partial charge is 0.256 e. The molecule has 1 aliphatic heterocycles. The molecule has 0 saturated carbocycles. The van der Waals surface area contributed by atoms with Crippen LogP contribution in [0.2, 0.25) is 0 Å². The Hall–Kier alpha value is -3.90. The number of anilines is 2. The molecule has 1 aromatic heterocycles. The summed E-state index contributed by atoms with van der Waals surface area (Å²) in [5.74, 6) is 0.867. The van der Waals surface area contributed by atoms with Crippen molar-refractivity contribution >= 4 is 17.3 Å². The fourth-order valence-corrected chi connectivity index (χ4v) is 3.78. The summed E-state index contributed by atoms with van der Waals surface area (Å²) in [6, 6.07) is 25.0. The summed E-state index contributed by atoms with van der Waals surface area (Å²) < 4.78 is 11.4. The first-order valence-electron chi connectivity index (χ1n) is 10.6. The van der Waals surface area contributed by atoms with E-state index in [1.165, 1.54) is 0 Å². The molecule has 160 valence electrons. The molecule has 5 rings (SSSR count). The first-order valence-corrected chi connectivity index (χ1v) is 10.6. The molecule has 0 bridgehead atoms. The predicted octanol–water partition coefficient (Wildman–Crippen LogP) is 5.10. The van der Waals surface area contributed by atoms with E-state index in [2.05, 4.69) is 15.2 Å². The monoisotopic (exact) mass is 425 g/mol. The number of nitrogens with zero attached hydrogens (tertiary/aromatic N) is 2. The van der Waals surface area contributed by atoms with E-state index in [1.807, 2.05) is 72.8 Å². The topological polar surface area (TPSA) is 67.6 Å². The Morgan fingerprint density at radius 3 is 2.38 bits per heavy atom. The van der Waals surface area contributed by atoms with Crippen LogP contribution in [0.15, 0.2) is 89.5 Å². The molecule has 0 spiro atoms. The normalized spacial score (nSPS) is 13.7. The van der Waals surface area contributed by atoms with E-state index in [0.29, 0.717) is 22.8 Å². The summed E-state index contributed by atoms with van der Waals surface area (Å²) >= 11 is 0. The quantitative estimate of drug-likeness (QED) is 0.482. The highest BCUT2D eigenvalue weighted by Gasteiger charge is 2.17. The van der Waals surface area contributed by atoms with Gasteiger partial charge in [-0.3, -0.25) is 4.79 Å². The van der Waals surface area contributed by atoms with Crippen LogP contribution >= 0.6 is 0 Å². The molecule has 1 N–H and O–H groups in total. The van der Waals surface area contributed by atoms with Gasteiger partial charge < -0.3 is 19.4 Å². The SMILES string of the molecule is O=C(Nc1ccc(N2CCOCC2)cc1)c1ccccc1-c1ncc(-c2ccccc2)o1. The van der Waals surface area contributed by atoms with E-state index >= 15 is 0 Å². The lowest BCUT2D eigenvalue weighted by Gasteiger charge is -2.28. The number of nitrogens with one attached hydrogen (secondary N) is 1. The minimum absolute atomic E-state index is 0.209. The number of hydrogen-bond donors (Lipinski definition) is 1. The summed E-state index contributed by atoms with van der Waals surface area (Å²) in [5, 5.41) is 2.99. The molecule has 0 aliphatic carbocycles. The van der Waals surface area contributed by atoms with Crippen molar-refractivity contribution in [2.24, 2.45) is 0 Å². The Morgan fingerprint density at radius 2 is 1.59 bits per heavy atom. The Balaban J connectivity index is 1.35. The molecule has 32 heavy (non-hydrogen) atoms. The zero-order valence-electron chi connectivity index (χ0n) is 17.5. The molecule has 0 radical (unpaired) electrons. The van der Waals surface area contributed by atoms with Crippen LogP contribution in [-0.4, -0.2) is 37.2 Å². The van der Waals surface area contributed by atoms with Crippen molar-refractivity contribution in [1.29, 1.82) is 0 Å². The molecule has 3 aromatic carbocycles. The van der Waals surface area contributed by atoms with E-state index in [1.54, 1.807) is 12.3 Å². The van der Waals surface area contributed by atoms with Crippen LogP contribution in [0.25, 0.3) is 22.8 Å². The lowest BCUT2D eigenvalue weighted by atomic mass is 10.1. The molecule has 1 aliphatic rings. The average Bonchev–Trinajstić information content (AvgIpc) is 3.36. The van der Waals surface area contributed by atoms with Gasteiger partial charge in [-0.05, 0) is 36.4 Å². The molecular formula is C26H23N3O3. The van der Waals surface area contributed by atoms with Gasteiger partial charge in [0.1, 0.15) is 0 Å². The largest absolute Gasteiger partial charge is 0.436 e. The van der Waals surface area contributed by atoms with Gasteiger partial charge in [-0.2, -0.15) is 0 Å². The number of aromatic nitrogens is 1. The van der Waals surface area contributed by atoms with Gasteiger partial charge in [0.15, 0.2) is 5.76 Å². The summed E-state index contributed by atoms with van der Waals surface area (Å²) in [6.45, 7) is 3.23. The van der Waals surface area contributed by atoms with Gasteiger partial charge in [-0.25, -0.2) is 4.98 Å². The molecular weight excluding hydrogens is 402 g/mol. The van der Waals surface area contributed by atoms with Crippen LogP contribution in [0.1, 0.15) is 10.4 Å². The van der Waals surface area contributed by atoms with Crippen LogP contribution < -0.4 is 10.2 Å². The Bertz CT molecular complexity index is 1200. The van der Waals surface area contributed by atoms with Gasteiger partial charge in [0.05, 0.1) is 25.0 Å². The zero-order chi connectivity index (χ0) is 21.8. The maximum absolute atomic E-state index is 13.1. The first kappa shape index (κ1) is 20.0. The van der Waals surface area contributed by atoms with Crippen molar-refractivity contribution in [3.8, 4) is 22.8 Å². The highest BCUT2D eigenvalue weighted by atomic mass is 16.5. The van der Waals surface area contributed by atoms with Crippen molar-refractivity contribution in [3.05, 3.63) is 90.6 Å². The number of benzene rings is 3. The second-order valence-corrected chi connectivity index (χ2v) is 7.54. The summed E-state index contributed by atoms with van der Waals surface area (Å²) in [6.07, 6.45) is 1.68. The van der Waals surface area contributed by atoms with Crippen LogP contribution in [0.4, 0.5) is 11.4 Å². The number of oxazole rings is 1. The fourth-order valence-electron chi connectivity index (χ4n) is 3.78. The molecule has 1 fully saturated rings. The molecule has 1 saturated heterocycles. The third-order valence-electron chi connectivity index (χ3n) is 5.47. The van der Waals surface area contributed by atoms with Crippen LogP contribution in [0.5, 0.6) is 0 Å². The first-order chi connectivity index (χ1) is 15.8. The average molecular weight is 425 g/mol. The Labute approximate surface area is 186 Å². The molecule has 6 nitrogen and oxygen atoms in total. The molecule has 0 atom stereocenters. The molecule has 2 heterocycles.